The van der Waals surface area contributed by atoms with Gasteiger partial charge < -0.3 is 10.6 Å². The van der Waals surface area contributed by atoms with E-state index in [9.17, 15) is 9.59 Å². The highest BCUT2D eigenvalue weighted by Crippen LogP contribution is 2.28. The van der Waals surface area contributed by atoms with Crippen LogP contribution in [0.3, 0.4) is 0 Å². The molecule has 4 rings (SSSR count). The molecule has 2 amide bonds. The second-order valence-electron chi connectivity index (χ2n) is 6.68. The van der Waals surface area contributed by atoms with E-state index in [1.165, 1.54) is 11.8 Å². The maximum absolute atomic E-state index is 12.5. The molecule has 0 aliphatic carbocycles. The van der Waals surface area contributed by atoms with E-state index in [1.54, 1.807) is 0 Å². The normalized spacial score (nSPS) is 23.4. The summed E-state index contributed by atoms with van der Waals surface area (Å²) >= 11 is 10.7. The van der Waals surface area contributed by atoms with Crippen LogP contribution in [-0.4, -0.2) is 35.8 Å². The summed E-state index contributed by atoms with van der Waals surface area (Å²) in [4.78, 5) is 24.8. The van der Waals surface area contributed by atoms with Crippen LogP contribution < -0.4 is 26.4 Å². The zero-order valence-electron chi connectivity index (χ0n) is 15.2. The van der Waals surface area contributed by atoms with Crippen molar-refractivity contribution in [2.75, 3.05) is 22.6 Å². The lowest BCUT2D eigenvalue weighted by Gasteiger charge is -2.37. The van der Waals surface area contributed by atoms with Crippen LogP contribution >= 0.6 is 39.3 Å². The third kappa shape index (κ3) is 4.87. The van der Waals surface area contributed by atoms with E-state index in [4.69, 9.17) is 11.6 Å². The molecule has 3 atom stereocenters. The molecule has 2 aromatic carbocycles. The molecule has 2 aliphatic rings. The fraction of sp³-hybridized carbons (Fsp3) is 0.263. The highest BCUT2D eigenvalue weighted by atomic mass is 79.9. The van der Waals surface area contributed by atoms with E-state index in [-0.39, 0.29) is 35.1 Å². The second-order valence-corrected chi connectivity index (χ2v) is 9.13. The number of fused-ring (bicyclic) bond motifs is 1. The van der Waals surface area contributed by atoms with Crippen molar-refractivity contribution in [2.45, 2.75) is 11.7 Å². The molecule has 2 aromatic rings. The van der Waals surface area contributed by atoms with Crippen LogP contribution in [0.4, 0.5) is 11.4 Å². The Hall–Kier alpha value is -1.78. The number of nitrogens with zero attached hydrogens (tertiary/aromatic N) is 1. The van der Waals surface area contributed by atoms with E-state index >= 15 is 0 Å². The lowest BCUT2D eigenvalue weighted by molar-refractivity contribution is -0.127. The number of hydrazine groups is 1. The first-order valence-corrected chi connectivity index (χ1v) is 11.2. The molecule has 7 nitrogen and oxygen atoms in total. The van der Waals surface area contributed by atoms with Crippen LogP contribution in [-0.2, 0) is 9.59 Å². The molecule has 0 bridgehead atoms. The van der Waals surface area contributed by atoms with Crippen LogP contribution in [0.25, 0.3) is 0 Å². The molecule has 10 heteroatoms. The van der Waals surface area contributed by atoms with Crippen LogP contribution in [0.1, 0.15) is 0 Å². The van der Waals surface area contributed by atoms with Gasteiger partial charge in [-0.25, -0.2) is 5.43 Å². The smallest absolute Gasteiger partial charge is 0.234 e. The van der Waals surface area contributed by atoms with Crippen LogP contribution in [0, 0.1) is 5.92 Å². The largest absolute Gasteiger partial charge is 0.331 e. The summed E-state index contributed by atoms with van der Waals surface area (Å²) in [5.41, 5.74) is 4.54. The minimum absolute atomic E-state index is 0.0384. The summed E-state index contributed by atoms with van der Waals surface area (Å²) < 4.78 is 0.948. The van der Waals surface area contributed by atoms with Crippen molar-refractivity contribution < 1.29 is 9.59 Å². The number of amides is 2. The maximum Gasteiger partial charge on any atom is 0.234 e. The summed E-state index contributed by atoms with van der Waals surface area (Å²) in [6, 6.07) is 14.8. The van der Waals surface area contributed by atoms with Crippen molar-refractivity contribution >= 4 is 62.5 Å². The SMILES string of the molecule is O=C(CSC1NC(=O)C2CNN(c3ccc(Cl)cc3)C2N1)Nc1ccc(Br)cc1. The van der Waals surface area contributed by atoms with Gasteiger partial charge in [0.1, 0.15) is 11.7 Å². The zero-order chi connectivity index (χ0) is 20.4. The minimum Gasteiger partial charge on any atom is -0.331 e. The second kappa shape index (κ2) is 8.93. The topological polar surface area (TPSA) is 85.5 Å². The number of rotatable bonds is 5. The number of nitrogens with one attached hydrogen (secondary N) is 4. The van der Waals surface area contributed by atoms with Gasteiger partial charge in [-0.05, 0) is 48.5 Å². The first-order chi connectivity index (χ1) is 14.0. The Labute approximate surface area is 186 Å². The van der Waals surface area contributed by atoms with E-state index < -0.39 is 0 Å². The molecule has 2 heterocycles. The summed E-state index contributed by atoms with van der Waals surface area (Å²) in [5, 5.41) is 11.8. The number of benzene rings is 2. The van der Waals surface area contributed by atoms with E-state index in [0.717, 1.165) is 15.8 Å². The number of hydrogen-bond donors (Lipinski definition) is 4. The summed E-state index contributed by atoms with van der Waals surface area (Å²) in [7, 11) is 0. The van der Waals surface area contributed by atoms with Crippen molar-refractivity contribution in [3.05, 3.63) is 58.0 Å². The third-order valence-electron chi connectivity index (χ3n) is 4.69. The van der Waals surface area contributed by atoms with Gasteiger partial charge in [0.15, 0.2) is 0 Å². The van der Waals surface area contributed by atoms with Gasteiger partial charge in [-0.15, -0.1) is 11.8 Å². The highest BCUT2D eigenvalue weighted by molar-refractivity contribution is 9.10. The quantitative estimate of drug-likeness (QED) is 0.509. The minimum atomic E-state index is -0.367. The molecule has 0 spiro atoms. The van der Waals surface area contributed by atoms with Crippen molar-refractivity contribution in [3.8, 4) is 0 Å². The van der Waals surface area contributed by atoms with Gasteiger partial charge in [-0.3, -0.25) is 19.9 Å². The molecule has 2 aliphatic heterocycles. The van der Waals surface area contributed by atoms with Gasteiger partial charge >= 0.3 is 0 Å². The van der Waals surface area contributed by atoms with E-state index in [0.29, 0.717) is 11.6 Å². The molecule has 152 valence electrons. The summed E-state index contributed by atoms with van der Waals surface area (Å²) in [5.74, 6) is -0.183. The van der Waals surface area contributed by atoms with E-state index in [2.05, 4.69) is 37.3 Å². The monoisotopic (exact) mass is 495 g/mol. The molecule has 2 saturated heterocycles. The Morgan fingerprint density at radius 2 is 1.93 bits per heavy atom. The van der Waals surface area contributed by atoms with Gasteiger partial charge in [0.2, 0.25) is 11.8 Å². The number of carbonyl (C=O) groups excluding carboxylic acids is 2. The number of halogens is 2. The molecular formula is C19H19BrClN5O2S. The lowest BCUT2D eigenvalue weighted by atomic mass is 10.1. The number of carbonyl (C=O) groups is 2. The standard InChI is InChI=1S/C19H19BrClN5O2S/c20-11-1-5-13(6-2-11)23-16(27)10-29-19-24-17-15(18(28)25-19)9-22-26(17)14-7-3-12(21)4-8-14/h1-8,15,17,19,22,24H,9-10H2,(H,23,27)(H,25,28). The summed E-state index contributed by atoms with van der Waals surface area (Å²) in [6.45, 7) is 0.535. The van der Waals surface area contributed by atoms with Gasteiger partial charge in [0, 0.05) is 21.7 Å². The molecule has 0 radical (unpaired) electrons. The maximum atomic E-state index is 12.5. The molecule has 4 N–H and O–H groups in total. The average molecular weight is 497 g/mol. The number of hydrogen-bond acceptors (Lipinski definition) is 6. The lowest BCUT2D eigenvalue weighted by Crippen LogP contribution is -2.63. The van der Waals surface area contributed by atoms with Crippen molar-refractivity contribution in [1.82, 2.24) is 16.1 Å². The van der Waals surface area contributed by atoms with Crippen LogP contribution in [0.2, 0.25) is 5.02 Å². The molecular weight excluding hydrogens is 478 g/mol. The van der Waals surface area contributed by atoms with Gasteiger partial charge in [-0.1, -0.05) is 27.5 Å². The van der Waals surface area contributed by atoms with Crippen molar-refractivity contribution in [1.29, 1.82) is 0 Å². The predicted molar refractivity (Wildman–Crippen MR) is 120 cm³/mol. The average Bonchev–Trinajstić information content (AvgIpc) is 3.13. The van der Waals surface area contributed by atoms with Gasteiger partial charge in [0.05, 0.1) is 17.4 Å². The van der Waals surface area contributed by atoms with Crippen LogP contribution in [0.5, 0.6) is 0 Å². The zero-order valence-corrected chi connectivity index (χ0v) is 18.4. The first kappa shape index (κ1) is 20.5. The fourth-order valence-electron chi connectivity index (χ4n) is 3.28. The fourth-order valence-corrected chi connectivity index (χ4v) is 4.49. The first-order valence-electron chi connectivity index (χ1n) is 9.01. The highest BCUT2D eigenvalue weighted by Gasteiger charge is 2.44. The predicted octanol–water partition coefficient (Wildman–Crippen LogP) is 2.74. The molecule has 2 fully saturated rings. The van der Waals surface area contributed by atoms with Gasteiger partial charge in [-0.2, -0.15) is 0 Å². The number of thioether (sulfide) groups is 1. The van der Waals surface area contributed by atoms with Crippen LogP contribution in [0.15, 0.2) is 53.0 Å². The molecule has 0 aromatic heterocycles. The Morgan fingerprint density at radius 1 is 1.21 bits per heavy atom. The Balaban J connectivity index is 1.35. The molecule has 0 saturated carbocycles. The Bertz CT molecular complexity index is 898. The van der Waals surface area contributed by atoms with Crippen molar-refractivity contribution in [2.24, 2.45) is 5.92 Å². The molecule has 29 heavy (non-hydrogen) atoms. The molecule has 3 unspecified atom stereocenters. The number of anilines is 2. The van der Waals surface area contributed by atoms with E-state index in [1.807, 2.05) is 53.5 Å². The van der Waals surface area contributed by atoms with Crippen molar-refractivity contribution in [3.63, 3.8) is 0 Å². The third-order valence-corrected chi connectivity index (χ3v) is 6.48. The van der Waals surface area contributed by atoms with Gasteiger partial charge in [0.25, 0.3) is 0 Å². The Morgan fingerprint density at radius 3 is 2.66 bits per heavy atom. The summed E-state index contributed by atoms with van der Waals surface area (Å²) in [6.07, 6.45) is -0.211. The Kier molecular flexibility index (Phi) is 6.31.